The third-order valence-electron chi connectivity index (χ3n) is 4.79. The van der Waals surface area contributed by atoms with Gasteiger partial charge < -0.3 is 4.90 Å². The number of hydrogen-bond donors (Lipinski definition) is 1. The van der Waals surface area contributed by atoms with Gasteiger partial charge in [0, 0.05) is 30.6 Å². The van der Waals surface area contributed by atoms with Gasteiger partial charge in [0.2, 0.25) is 15.9 Å². The number of carbonyl (C=O) groups is 1. The Morgan fingerprint density at radius 3 is 2.67 bits per heavy atom. The van der Waals surface area contributed by atoms with Gasteiger partial charge in [-0.1, -0.05) is 29.8 Å². The fraction of sp³-hybridized carbons (Fsp3) is 0.421. The van der Waals surface area contributed by atoms with Crippen molar-refractivity contribution in [2.45, 2.75) is 42.9 Å². The summed E-state index contributed by atoms with van der Waals surface area (Å²) in [6, 6.07) is 9.07. The second-order valence-electron chi connectivity index (χ2n) is 6.79. The van der Waals surface area contributed by atoms with E-state index in [1.807, 2.05) is 30.0 Å². The van der Waals surface area contributed by atoms with Gasteiger partial charge in [0.25, 0.3) is 0 Å². The van der Waals surface area contributed by atoms with E-state index in [0.717, 1.165) is 16.1 Å². The summed E-state index contributed by atoms with van der Waals surface area (Å²) in [5, 5.41) is 2.47. The number of halogens is 1. The number of sulfonamides is 1. The Morgan fingerprint density at radius 2 is 2.04 bits per heavy atom. The van der Waals surface area contributed by atoms with Crippen molar-refractivity contribution in [1.82, 2.24) is 9.62 Å². The van der Waals surface area contributed by atoms with E-state index in [1.54, 1.807) is 17.5 Å². The van der Waals surface area contributed by atoms with Crippen molar-refractivity contribution in [3.8, 4) is 0 Å². The highest BCUT2D eigenvalue weighted by Gasteiger charge is 2.26. The first-order chi connectivity index (χ1) is 12.8. The highest BCUT2D eigenvalue weighted by molar-refractivity contribution is 7.91. The lowest BCUT2D eigenvalue weighted by Gasteiger charge is -2.32. The average Bonchev–Trinajstić information content (AvgIpc) is 3.18. The number of benzene rings is 1. The lowest BCUT2D eigenvalue weighted by atomic mass is 10.0. The van der Waals surface area contributed by atoms with E-state index in [9.17, 15) is 13.2 Å². The number of amides is 1. The van der Waals surface area contributed by atoms with E-state index in [4.69, 9.17) is 11.6 Å². The van der Waals surface area contributed by atoms with Crippen LogP contribution in [0.4, 0.5) is 0 Å². The normalized spacial score (nSPS) is 15.9. The summed E-state index contributed by atoms with van der Waals surface area (Å²) in [6.07, 6.45) is 2.36. The molecule has 1 amide bonds. The lowest BCUT2D eigenvalue weighted by molar-refractivity contribution is -0.132. The summed E-state index contributed by atoms with van der Waals surface area (Å²) in [4.78, 5) is 14.3. The predicted octanol–water partition coefficient (Wildman–Crippen LogP) is 3.61. The first kappa shape index (κ1) is 20.3. The molecule has 1 N–H and O–H groups in total. The number of likely N-dealkylation sites (tertiary alicyclic amines) is 1. The van der Waals surface area contributed by atoms with Gasteiger partial charge in [-0.15, -0.1) is 11.3 Å². The van der Waals surface area contributed by atoms with Crippen LogP contribution in [0.5, 0.6) is 0 Å². The molecule has 0 unspecified atom stereocenters. The number of aryl methyl sites for hydroxylation is 2. The molecule has 3 rings (SSSR count). The van der Waals surface area contributed by atoms with Gasteiger partial charge in [-0.05, 0) is 54.8 Å². The Labute approximate surface area is 169 Å². The molecule has 0 radical (unpaired) electrons. The van der Waals surface area contributed by atoms with Crippen LogP contribution >= 0.6 is 22.9 Å². The molecule has 1 fully saturated rings. The van der Waals surface area contributed by atoms with E-state index in [1.165, 1.54) is 11.3 Å². The van der Waals surface area contributed by atoms with Gasteiger partial charge in [-0.3, -0.25) is 4.79 Å². The van der Waals surface area contributed by atoms with Crippen LogP contribution in [0.15, 0.2) is 39.9 Å². The first-order valence-electron chi connectivity index (χ1n) is 8.94. The van der Waals surface area contributed by atoms with Gasteiger partial charge >= 0.3 is 0 Å². The largest absolute Gasteiger partial charge is 0.343 e. The molecule has 1 aromatic heterocycles. The molecule has 2 heterocycles. The molecule has 1 aromatic carbocycles. The van der Waals surface area contributed by atoms with E-state index in [2.05, 4.69) is 4.72 Å². The number of hydrogen-bond acceptors (Lipinski definition) is 4. The maximum absolute atomic E-state index is 12.5. The zero-order valence-electron chi connectivity index (χ0n) is 15.2. The van der Waals surface area contributed by atoms with Crippen molar-refractivity contribution in [1.29, 1.82) is 0 Å². The molecule has 27 heavy (non-hydrogen) atoms. The fourth-order valence-electron chi connectivity index (χ4n) is 3.14. The molecule has 8 heteroatoms. The molecule has 0 atom stereocenters. The minimum atomic E-state index is -3.46. The number of piperidine rings is 1. The topological polar surface area (TPSA) is 66.5 Å². The van der Waals surface area contributed by atoms with Crippen LogP contribution in [0.3, 0.4) is 0 Å². The number of thiophene rings is 1. The zero-order valence-corrected chi connectivity index (χ0v) is 17.5. The molecule has 0 aliphatic carbocycles. The minimum Gasteiger partial charge on any atom is -0.343 e. The molecule has 1 aliphatic rings. The van der Waals surface area contributed by atoms with Gasteiger partial charge in [-0.2, -0.15) is 0 Å². The maximum Gasteiger partial charge on any atom is 0.250 e. The smallest absolute Gasteiger partial charge is 0.250 e. The highest BCUT2D eigenvalue weighted by Crippen LogP contribution is 2.20. The molecular formula is C19H23ClN2O3S2. The zero-order chi connectivity index (χ0) is 19.4. The van der Waals surface area contributed by atoms with Gasteiger partial charge in [0.15, 0.2) is 0 Å². The molecule has 1 saturated heterocycles. The summed E-state index contributed by atoms with van der Waals surface area (Å²) in [6.45, 7) is 3.10. The summed E-state index contributed by atoms with van der Waals surface area (Å²) < 4.78 is 27.7. The highest BCUT2D eigenvalue weighted by atomic mass is 35.5. The van der Waals surface area contributed by atoms with E-state index >= 15 is 0 Å². The van der Waals surface area contributed by atoms with Crippen LogP contribution in [-0.2, 0) is 21.2 Å². The van der Waals surface area contributed by atoms with E-state index in [-0.39, 0.29) is 11.9 Å². The molecule has 2 aromatic rings. The number of nitrogens with one attached hydrogen (secondary N) is 1. The van der Waals surface area contributed by atoms with Crippen LogP contribution in [0.1, 0.15) is 30.4 Å². The number of nitrogens with zero attached hydrogens (tertiary/aromatic N) is 1. The third kappa shape index (κ3) is 5.31. The Balaban J connectivity index is 1.47. The molecule has 0 bridgehead atoms. The van der Waals surface area contributed by atoms with Crippen molar-refractivity contribution < 1.29 is 13.2 Å². The average molecular weight is 427 g/mol. The Bertz CT molecular complexity index is 890. The Morgan fingerprint density at radius 1 is 1.30 bits per heavy atom. The second kappa shape index (κ2) is 8.73. The summed E-state index contributed by atoms with van der Waals surface area (Å²) in [5.74, 6) is 0.103. The second-order valence-corrected chi connectivity index (χ2v) is 10.1. The number of carbonyl (C=O) groups excluding carboxylic acids is 1. The lowest BCUT2D eigenvalue weighted by Crippen LogP contribution is -2.46. The summed E-state index contributed by atoms with van der Waals surface area (Å²) >= 11 is 7.34. The molecule has 1 aliphatic heterocycles. The molecule has 5 nitrogen and oxygen atoms in total. The SMILES string of the molecule is Cc1ccc(CCC(=O)N2CCC(NS(=O)(=O)c3cccs3)CC2)cc1Cl. The van der Waals surface area contributed by atoms with Crippen molar-refractivity contribution >= 4 is 38.9 Å². The molecule has 0 spiro atoms. The fourth-order valence-corrected chi connectivity index (χ4v) is 5.66. The Kier molecular flexibility index (Phi) is 6.57. The van der Waals surface area contributed by atoms with Crippen molar-refractivity contribution in [3.05, 3.63) is 51.9 Å². The van der Waals surface area contributed by atoms with Crippen LogP contribution in [0, 0.1) is 6.92 Å². The monoisotopic (exact) mass is 426 g/mol. The minimum absolute atomic E-state index is 0.103. The first-order valence-corrected chi connectivity index (χ1v) is 11.7. The summed E-state index contributed by atoms with van der Waals surface area (Å²) in [5.41, 5.74) is 2.08. The van der Waals surface area contributed by atoms with Crippen molar-refractivity contribution in [2.75, 3.05) is 13.1 Å². The van der Waals surface area contributed by atoms with Gasteiger partial charge in [0.1, 0.15) is 4.21 Å². The predicted molar refractivity (Wildman–Crippen MR) is 109 cm³/mol. The van der Waals surface area contributed by atoms with Crippen LogP contribution < -0.4 is 4.72 Å². The van der Waals surface area contributed by atoms with E-state index < -0.39 is 10.0 Å². The van der Waals surface area contributed by atoms with Crippen LogP contribution in [-0.4, -0.2) is 38.4 Å². The maximum atomic E-state index is 12.5. The third-order valence-corrected chi connectivity index (χ3v) is 8.12. The Hall–Kier alpha value is -1.41. The molecular weight excluding hydrogens is 404 g/mol. The summed E-state index contributed by atoms with van der Waals surface area (Å²) in [7, 11) is -3.46. The quantitative estimate of drug-likeness (QED) is 0.767. The molecule has 0 saturated carbocycles. The van der Waals surface area contributed by atoms with Gasteiger partial charge in [0.05, 0.1) is 0 Å². The number of rotatable bonds is 6. The van der Waals surface area contributed by atoms with Gasteiger partial charge in [-0.25, -0.2) is 13.1 Å². The van der Waals surface area contributed by atoms with Crippen molar-refractivity contribution in [3.63, 3.8) is 0 Å². The van der Waals surface area contributed by atoms with Crippen LogP contribution in [0.2, 0.25) is 5.02 Å². The van der Waals surface area contributed by atoms with E-state index in [0.29, 0.717) is 43.0 Å². The van der Waals surface area contributed by atoms with Crippen molar-refractivity contribution in [2.24, 2.45) is 0 Å². The molecule has 146 valence electrons. The standard InChI is InChI=1S/C19H23ClN2O3S2/c1-14-4-5-15(13-17(14)20)6-7-18(23)22-10-8-16(9-11-22)21-27(24,25)19-3-2-12-26-19/h2-5,12-13,16,21H,6-11H2,1H3. The van der Waals surface area contributed by atoms with Crippen LogP contribution in [0.25, 0.3) is 0 Å².